The Morgan fingerprint density at radius 3 is 1.30 bits per heavy atom. The first-order valence-electron chi connectivity index (χ1n) is 9.96. The van der Waals surface area contributed by atoms with Crippen molar-refractivity contribution >= 4 is 47.1 Å². The second kappa shape index (κ2) is 11.1. The molecular formula is C22H22Cl2F2O7. The van der Waals surface area contributed by atoms with Crippen LogP contribution in [-0.2, 0) is 23.9 Å². The number of rotatable bonds is 10. The Labute approximate surface area is 198 Å². The highest BCUT2D eigenvalue weighted by atomic mass is 35.5. The number of esters is 2. The quantitative estimate of drug-likeness (QED) is 0.196. The number of halogens is 4. The zero-order valence-corrected chi connectivity index (χ0v) is 18.7. The molecule has 0 bridgehead atoms. The van der Waals surface area contributed by atoms with Crippen molar-refractivity contribution in [1.82, 2.24) is 0 Å². The zero-order valence-electron chi connectivity index (χ0n) is 17.2. The van der Waals surface area contributed by atoms with Gasteiger partial charge >= 0.3 is 23.9 Å². The monoisotopic (exact) mass is 506 g/mol. The predicted octanol–water partition coefficient (Wildman–Crippen LogP) is 4.31. The summed E-state index contributed by atoms with van der Waals surface area (Å²) in [6.45, 7) is 0. The van der Waals surface area contributed by atoms with E-state index in [0.717, 1.165) is 24.3 Å². The summed E-state index contributed by atoms with van der Waals surface area (Å²) in [5, 5.41) is 13.8. The molecule has 7 nitrogen and oxygen atoms in total. The van der Waals surface area contributed by atoms with Crippen molar-refractivity contribution in [2.24, 2.45) is 23.7 Å². The molecule has 2 aliphatic rings. The summed E-state index contributed by atoms with van der Waals surface area (Å²) in [6.07, 6.45) is 7.63. The van der Waals surface area contributed by atoms with Gasteiger partial charge in [-0.1, -0.05) is 47.5 Å². The molecule has 2 rings (SSSR count). The molecule has 0 saturated heterocycles. The topological polar surface area (TPSA) is 118 Å². The van der Waals surface area contributed by atoms with Crippen molar-refractivity contribution < 1.29 is 42.9 Å². The summed E-state index contributed by atoms with van der Waals surface area (Å²) in [5.74, 6) is -7.34. The summed E-state index contributed by atoms with van der Waals surface area (Å²) in [6, 6.07) is 0. The molecule has 0 aliphatic heterocycles. The zero-order chi connectivity index (χ0) is 24.8. The van der Waals surface area contributed by atoms with Crippen molar-refractivity contribution in [1.29, 1.82) is 0 Å². The molecule has 180 valence electrons. The predicted molar refractivity (Wildman–Crippen MR) is 115 cm³/mol. The lowest BCUT2D eigenvalue weighted by atomic mass is 9.83. The first-order valence-corrected chi connectivity index (χ1v) is 10.7. The van der Waals surface area contributed by atoms with Gasteiger partial charge in [0.15, 0.2) is 0 Å². The van der Waals surface area contributed by atoms with E-state index in [9.17, 15) is 28.0 Å². The standard InChI is InChI=1S/C22H22Cl2F2O7/c23-21(25)5-1-13(2-6-21)15(9-17(27)28)11-19(31)33-20(32)12-16(10-18(29)30)14-3-7-22(24,26)8-4-14/h1-8,13-16H,9-12H2,(H,27,28)(H,29,30). The fraction of sp³-hybridized carbons (Fsp3) is 0.455. The van der Waals surface area contributed by atoms with Gasteiger partial charge in [0.25, 0.3) is 0 Å². The highest BCUT2D eigenvalue weighted by Crippen LogP contribution is 2.34. The molecule has 2 unspecified atom stereocenters. The molecule has 0 aromatic carbocycles. The van der Waals surface area contributed by atoms with Crippen molar-refractivity contribution in [3.05, 3.63) is 48.6 Å². The number of carboxylic acids is 2. The number of carboxylic acid groups (broad SMARTS) is 2. The SMILES string of the molecule is O=C(O)CC(CC(=O)OC(=O)CC(CC(=O)O)C1C=CC(F)(Cl)C=C1)C1C=CC(F)(Cl)C=C1. The summed E-state index contributed by atoms with van der Waals surface area (Å²) < 4.78 is 32.1. The summed E-state index contributed by atoms with van der Waals surface area (Å²) in [4.78, 5) is 46.9. The lowest BCUT2D eigenvalue weighted by Crippen LogP contribution is -2.27. The molecule has 33 heavy (non-hydrogen) atoms. The van der Waals surface area contributed by atoms with Crippen molar-refractivity contribution in [2.45, 2.75) is 35.9 Å². The highest BCUT2D eigenvalue weighted by Gasteiger charge is 2.32. The third kappa shape index (κ3) is 9.09. The van der Waals surface area contributed by atoms with E-state index in [0.29, 0.717) is 0 Å². The second-order valence-electron chi connectivity index (χ2n) is 7.91. The van der Waals surface area contributed by atoms with Crippen LogP contribution in [0.4, 0.5) is 8.78 Å². The normalized spacial score (nSPS) is 29.9. The Morgan fingerprint density at radius 2 is 1.03 bits per heavy atom. The number of allylic oxidation sites excluding steroid dienone is 8. The van der Waals surface area contributed by atoms with Gasteiger partial charge in [0, 0.05) is 12.8 Å². The largest absolute Gasteiger partial charge is 0.481 e. The van der Waals surface area contributed by atoms with E-state index in [1.54, 1.807) is 0 Å². The van der Waals surface area contributed by atoms with E-state index in [1.807, 2.05) is 0 Å². The van der Waals surface area contributed by atoms with Gasteiger partial charge in [-0.05, 0) is 48.0 Å². The Balaban J connectivity index is 2.00. The average Bonchev–Trinajstić information content (AvgIpc) is 2.66. The maximum absolute atomic E-state index is 13.7. The lowest BCUT2D eigenvalue weighted by Gasteiger charge is -2.25. The van der Waals surface area contributed by atoms with E-state index in [-0.39, 0.29) is 0 Å². The molecule has 0 radical (unpaired) electrons. The highest BCUT2D eigenvalue weighted by molar-refractivity contribution is 6.25. The number of ether oxygens (including phenoxy) is 1. The van der Waals surface area contributed by atoms with Gasteiger partial charge in [-0.3, -0.25) is 19.2 Å². The Kier molecular flexibility index (Phi) is 8.97. The van der Waals surface area contributed by atoms with Crippen LogP contribution in [0, 0.1) is 23.7 Å². The maximum atomic E-state index is 13.7. The van der Waals surface area contributed by atoms with Crippen LogP contribution in [0.3, 0.4) is 0 Å². The van der Waals surface area contributed by atoms with Gasteiger partial charge in [-0.25, -0.2) is 8.78 Å². The molecule has 0 aromatic rings. The molecule has 0 fully saturated rings. The van der Waals surface area contributed by atoms with Crippen LogP contribution < -0.4 is 0 Å². The van der Waals surface area contributed by atoms with Crippen LogP contribution in [0.2, 0.25) is 0 Å². The maximum Gasteiger partial charge on any atom is 0.313 e. The van der Waals surface area contributed by atoms with Crippen molar-refractivity contribution in [3.8, 4) is 0 Å². The summed E-state index contributed by atoms with van der Waals surface area (Å²) >= 11 is 11.0. The molecule has 2 aliphatic carbocycles. The molecule has 2 N–H and O–H groups in total. The molecule has 0 amide bonds. The lowest BCUT2D eigenvalue weighted by molar-refractivity contribution is -0.161. The number of carbonyl (C=O) groups is 4. The van der Waals surface area contributed by atoms with Crippen LogP contribution >= 0.6 is 23.2 Å². The number of alkyl halides is 4. The third-order valence-electron chi connectivity index (χ3n) is 5.21. The number of hydrogen-bond donors (Lipinski definition) is 2. The Morgan fingerprint density at radius 1 is 0.727 bits per heavy atom. The van der Waals surface area contributed by atoms with E-state index < -0.39 is 83.5 Å². The first-order chi connectivity index (χ1) is 15.3. The second-order valence-corrected chi connectivity index (χ2v) is 9.07. The third-order valence-corrected chi connectivity index (χ3v) is 5.71. The van der Waals surface area contributed by atoms with Gasteiger partial charge in [0.2, 0.25) is 10.3 Å². The van der Waals surface area contributed by atoms with E-state index >= 15 is 0 Å². The average molecular weight is 507 g/mol. The van der Waals surface area contributed by atoms with Gasteiger partial charge in [-0.2, -0.15) is 0 Å². The van der Waals surface area contributed by atoms with Gasteiger partial charge < -0.3 is 14.9 Å². The minimum Gasteiger partial charge on any atom is -0.481 e. The molecular weight excluding hydrogens is 485 g/mol. The van der Waals surface area contributed by atoms with Crippen molar-refractivity contribution in [2.75, 3.05) is 0 Å². The fourth-order valence-electron chi connectivity index (χ4n) is 3.60. The van der Waals surface area contributed by atoms with Crippen LogP contribution in [0.5, 0.6) is 0 Å². The Bertz CT molecular complexity index is 804. The van der Waals surface area contributed by atoms with Gasteiger partial charge in [-0.15, -0.1) is 0 Å². The van der Waals surface area contributed by atoms with E-state index in [2.05, 4.69) is 0 Å². The first kappa shape index (κ1) is 26.7. The smallest absolute Gasteiger partial charge is 0.313 e. The van der Waals surface area contributed by atoms with E-state index in [1.165, 1.54) is 24.3 Å². The van der Waals surface area contributed by atoms with E-state index in [4.69, 9.17) is 38.2 Å². The van der Waals surface area contributed by atoms with Crippen LogP contribution in [0.1, 0.15) is 25.7 Å². The molecule has 11 heteroatoms. The molecule has 0 aromatic heterocycles. The van der Waals surface area contributed by atoms with Crippen LogP contribution in [0.25, 0.3) is 0 Å². The minimum atomic E-state index is -2.20. The molecule has 0 heterocycles. The van der Waals surface area contributed by atoms with Gasteiger partial charge in [0.1, 0.15) is 0 Å². The number of hydrogen-bond acceptors (Lipinski definition) is 5. The van der Waals surface area contributed by atoms with Crippen LogP contribution in [-0.4, -0.2) is 44.3 Å². The minimum absolute atomic E-state index is 0.451. The number of aliphatic carboxylic acids is 2. The number of carbonyl (C=O) groups excluding carboxylic acids is 2. The van der Waals surface area contributed by atoms with Crippen LogP contribution in [0.15, 0.2) is 48.6 Å². The summed E-state index contributed by atoms with van der Waals surface area (Å²) in [7, 11) is 0. The Hall–Kier alpha value is -2.52. The van der Waals surface area contributed by atoms with Crippen molar-refractivity contribution in [3.63, 3.8) is 0 Å². The molecule has 0 saturated carbocycles. The van der Waals surface area contributed by atoms with Gasteiger partial charge in [0.05, 0.1) is 12.8 Å². The molecule has 0 spiro atoms. The molecule has 2 atom stereocenters. The fourth-order valence-corrected chi connectivity index (χ4v) is 3.89. The summed E-state index contributed by atoms with van der Waals surface area (Å²) in [5.41, 5.74) is 0.